The molecule has 0 radical (unpaired) electrons. The van der Waals surface area contributed by atoms with Gasteiger partial charge in [0.2, 0.25) is 5.91 Å². The van der Waals surface area contributed by atoms with E-state index in [9.17, 15) is 9.18 Å². The highest BCUT2D eigenvalue weighted by Gasteiger charge is 2.50. The topological polar surface area (TPSA) is 20.3 Å². The second-order valence-corrected chi connectivity index (χ2v) is 2.37. The van der Waals surface area contributed by atoms with Crippen molar-refractivity contribution in [2.24, 2.45) is 5.92 Å². The zero-order chi connectivity index (χ0) is 5.72. The molecule has 0 aromatic carbocycles. The summed E-state index contributed by atoms with van der Waals surface area (Å²) in [6.45, 7) is 1.02. The second kappa shape index (κ2) is 1.04. The average molecular weight is 115 g/mol. The van der Waals surface area contributed by atoms with Gasteiger partial charge in [0, 0.05) is 6.54 Å². The van der Waals surface area contributed by atoms with E-state index in [2.05, 4.69) is 0 Å². The first-order valence-electron chi connectivity index (χ1n) is 2.72. The molecule has 0 aromatic heterocycles. The van der Waals surface area contributed by atoms with Gasteiger partial charge in [-0.05, 0) is 0 Å². The Morgan fingerprint density at radius 2 is 2.38 bits per heavy atom. The molecular formula is C5H6FNO. The highest BCUT2D eigenvalue weighted by atomic mass is 19.1. The third-order valence-electron chi connectivity index (χ3n) is 1.88. The number of nitrogens with zero attached hydrogens (tertiary/aromatic N) is 1. The van der Waals surface area contributed by atoms with Gasteiger partial charge in [-0.3, -0.25) is 4.79 Å². The van der Waals surface area contributed by atoms with E-state index in [4.69, 9.17) is 0 Å². The Morgan fingerprint density at radius 1 is 1.62 bits per heavy atom. The number of rotatable bonds is 0. The van der Waals surface area contributed by atoms with Crippen LogP contribution in [0.4, 0.5) is 4.39 Å². The van der Waals surface area contributed by atoms with E-state index in [0.29, 0.717) is 13.1 Å². The van der Waals surface area contributed by atoms with Gasteiger partial charge in [-0.15, -0.1) is 0 Å². The van der Waals surface area contributed by atoms with Crippen LogP contribution >= 0.6 is 0 Å². The van der Waals surface area contributed by atoms with Crippen LogP contribution in [0.5, 0.6) is 0 Å². The Kier molecular flexibility index (Phi) is 0.558. The van der Waals surface area contributed by atoms with E-state index in [-0.39, 0.29) is 11.8 Å². The van der Waals surface area contributed by atoms with Crippen LogP contribution < -0.4 is 0 Å². The SMILES string of the molecule is O=C1C2CN1CC2F. The number of alkyl halides is 1. The summed E-state index contributed by atoms with van der Waals surface area (Å²) < 4.78 is 12.3. The first-order chi connectivity index (χ1) is 3.79. The summed E-state index contributed by atoms with van der Waals surface area (Å²) in [5.74, 6) is -0.243. The zero-order valence-corrected chi connectivity index (χ0v) is 4.30. The summed E-state index contributed by atoms with van der Waals surface area (Å²) >= 11 is 0. The van der Waals surface area contributed by atoms with Crippen molar-refractivity contribution < 1.29 is 9.18 Å². The Labute approximate surface area is 46.3 Å². The maximum absolute atomic E-state index is 12.3. The number of hydrogen-bond donors (Lipinski definition) is 0. The molecule has 0 saturated carbocycles. The van der Waals surface area contributed by atoms with Gasteiger partial charge in [0.05, 0.1) is 12.5 Å². The second-order valence-electron chi connectivity index (χ2n) is 2.37. The maximum atomic E-state index is 12.3. The predicted octanol–water partition coefficient (Wildman–Crippen LogP) is -0.203. The Balaban J connectivity index is 2.24. The quantitative estimate of drug-likeness (QED) is 0.400. The molecule has 3 saturated heterocycles. The van der Waals surface area contributed by atoms with Gasteiger partial charge in [-0.2, -0.15) is 0 Å². The molecule has 0 aromatic rings. The summed E-state index contributed by atoms with van der Waals surface area (Å²) in [5, 5.41) is 0. The van der Waals surface area contributed by atoms with Crippen molar-refractivity contribution in [2.75, 3.05) is 13.1 Å². The minimum absolute atomic E-state index is 0.0116. The average Bonchev–Trinajstić information content (AvgIpc) is 2.19. The highest BCUT2D eigenvalue weighted by molar-refractivity contribution is 5.87. The highest BCUT2D eigenvalue weighted by Crippen LogP contribution is 2.31. The van der Waals surface area contributed by atoms with Gasteiger partial charge in [0.1, 0.15) is 6.17 Å². The van der Waals surface area contributed by atoms with Crippen LogP contribution in [0.3, 0.4) is 0 Å². The fraction of sp³-hybridized carbons (Fsp3) is 0.800. The van der Waals surface area contributed by atoms with Crippen LogP contribution in [-0.4, -0.2) is 30.1 Å². The smallest absolute Gasteiger partial charge is 0.230 e. The lowest BCUT2D eigenvalue weighted by Crippen LogP contribution is -2.43. The molecule has 3 rings (SSSR count). The number of halogens is 1. The molecular weight excluding hydrogens is 109 g/mol. The van der Waals surface area contributed by atoms with Crippen LogP contribution in [-0.2, 0) is 4.79 Å². The lowest BCUT2D eigenvalue weighted by atomic mass is 10.0. The molecule has 2 unspecified atom stereocenters. The maximum Gasteiger partial charge on any atom is 0.230 e. The van der Waals surface area contributed by atoms with E-state index in [1.165, 1.54) is 0 Å². The third kappa shape index (κ3) is 0.278. The van der Waals surface area contributed by atoms with Crippen molar-refractivity contribution in [3.05, 3.63) is 0 Å². The van der Waals surface area contributed by atoms with Gasteiger partial charge in [0.25, 0.3) is 0 Å². The molecule has 3 fully saturated rings. The van der Waals surface area contributed by atoms with E-state index >= 15 is 0 Å². The van der Waals surface area contributed by atoms with Gasteiger partial charge in [0.15, 0.2) is 0 Å². The fourth-order valence-corrected chi connectivity index (χ4v) is 1.30. The van der Waals surface area contributed by atoms with Crippen LogP contribution in [0.25, 0.3) is 0 Å². The molecule has 3 aliphatic rings. The molecule has 0 spiro atoms. The molecule has 0 N–H and O–H groups in total. The van der Waals surface area contributed by atoms with Crippen molar-refractivity contribution >= 4 is 5.91 Å². The van der Waals surface area contributed by atoms with Crippen LogP contribution in [0.1, 0.15) is 0 Å². The molecule has 44 valence electrons. The van der Waals surface area contributed by atoms with E-state index in [1.807, 2.05) is 0 Å². The fourth-order valence-electron chi connectivity index (χ4n) is 1.30. The van der Waals surface area contributed by atoms with Crippen molar-refractivity contribution in [1.29, 1.82) is 0 Å². The number of carbonyl (C=O) groups excluding carboxylic acids is 1. The Bertz CT molecular complexity index is 147. The minimum Gasteiger partial charge on any atom is -0.338 e. The van der Waals surface area contributed by atoms with Gasteiger partial charge >= 0.3 is 0 Å². The predicted molar refractivity (Wildman–Crippen MR) is 25.0 cm³/mol. The molecule has 0 aliphatic carbocycles. The van der Waals surface area contributed by atoms with Crippen LogP contribution in [0.2, 0.25) is 0 Å². The number of amides is 1. The molecule has 3 aliphatic heterocycles. The van der Waals surface area contributed by atoms with E-state index in [0.717, 1.165) is 0 Å². The number of fused-ring (bicyclic) bond motifs is 1. The molecule has 2 atom stereocenters. The third-order valence-corrected chi connectivity index (χ3v) is 1.88. The summed E-state index contributed by atoms with van der Waals surface area (Å²) in [6, 6.07) is 0. The standard InChI is InChI=1S/C5H6FNO/c6-4-2-7-1-3(4)5(7)8/h3-4H,1-2H2. The first kappa shape index (κ1) is 4.30. The lowest BCUT2D eigenvalue weighted by molar-refractivity contribution is -0.140. The number of carbonyl (C=O) groups is 1. The summed E-state index contributed by atoms with van der Waals surface area (Å²) in [7, 11) is 0. The first-order valence-corrected chi connectivity index (χ1v) is 2.72. The normalized spacial score (nSPS) is 42.6. The van der Waals surface area contributed by atoms with Gasteiger partial charge < -0.3 is 4.90 Å². The molecule has 1 amide bonds. The van der Waals surface area contributed by atoms with Gasteiger partial charge in [-0.1, -0.05) is 0 Å². The summed E-state index contributed by atoms with van der Waals surface area (Å²) in [5.41, 5.74) is 0. The Hall–Kier alpha value is -0.600. The molecule has 2 bridgehead atoms. The van der Waals surface area contributed by atoms with Crippen molar-refractivity contribution in [2.45, 2.75) is 6.17 Å². The Morgan fingerprint density at radius 3 is 2.50 bits per heavy atom. The monoisotopic (exact) mass is 115 g/mol. The van der Waals surface area contributed by atoms with Crippen LogP contribution in [0, 0.1) is 5.92 Å². The zero-order valence-electron chi connectivity index (χ0n) is 4.30. The van der Waals surface area contributed by atoms with E-state index in [1.54, 1.807) is 4.90 Å². The van der Waals surface area contributed by atoms with Gasteiger partial charge in [-0.25, -0.2) is 4.39 Å². The number of hydrogen-bond acceptors (Lipinski definition) is 1. The largest absolute Gasteiger partial charge is 0.338 e. The summed E-state index contributed by atoms with van der Waals surface area (Å²) in [6.07, 6.45) is -0.859. The minimum atomic E-state index is -0.859. The lowest BCUT2D eigenvalue weighted by Gasteiger charge is -2.25. The molecule has 8 heavy (non-hydrogen) atoms. The van der Waals surface area contributed by atoms with Crippen molar-refractivity contribution in [3.63, 3.8) is 0 Å². The van der Waals surface area contributed by atoms with Crippen molar-refractivity contribution in [3.8, 4) is 0 Å². The van der Waals surface area contributed by atoms with E-state index < -0.39 is 6.17 Å². The molecule has 2 nitrogen and oxygen atoms in total. The molecule has 3 heterocycles. The van der Waals surface area contributed by atoms with Crippen molar-refractivity contribution in [1.82, 2.24) is 4.90 Å². The molecule has 3 heteroatoms. The van der Waals surface area contributed by atoms with Crippen LogP contribution in [0.15, 0.2) is 0 Å². The summed E-state index contributed by atoms with van der Waals surface area (Å²) in [4.78, 5) is 12.1. The number of β-lactam (4-membered cyclic amide) rings is 1.